The Labute approximate surface area is 225 Å². The number of para-hydroxylation sites is 2. The normalized spacial score (nSPS) is 28.0. The average Bonchev–Trinajstić information content (AvgIpc) is 3.55. The van der Waals surface area contributed by atoms with Crippen LogP contribution in [0.15, 0.2) is 103 Å². The van der Waals surface area contributed by atoms with Crippen LogP contribution in [0.3, 0.4) is 0 Å². The molecule has 1 saturated heterocycles. The van der Waals surface area contributed by atoms with Crippen molar-refractivity contribution in [3.63, 3.8) is 0 Å². The summed E-state index contributed by atoms with van der Waals surface area (Å²) in [5.41, 5.74) is 2.84. The third-order valence-corrected chi connectivity index (χ3v) is 9.29. The van der Waals surface area contributed by atoms with Gasteiger partial charge in [0, 0.05) is 29.0 Å². The van der Waals surface area contributed by atoms with E-state index >= 15 is 0 Å². The first-order valence-corrected chi connectivity index (χ1v) is 13.4. The van der Waals surface area contributed by atoms with Crippen molar-refractivity contribution in [2.24, 2.45) is 5.92 Å². The Kier molecular flexibility index (Phi) is 4.45. The van der Waals surface area contributed by atoms with Gasteiger partial charge < -0.3 is 10.6 Å². The minimum atomic E-state index is -1.36. The van der Waals surface area contributed by atoms with Crippen LogP contribution in [0.2, 0.25) is 0 Å². The van der Waals surface area contributed by atoms with E-state index in [1.807, 2.05) is 78.9 Å². The van der Waals surface area contributed by atoms with Gasteiger partial charge in [-0.2, -0.15) is 0 Å². The van der Waals surface area contributed by atoms with Gasteiger partial charge in [0.15, 0.2) is 5.78 Å². The van der Waals surface area contributed by atoms with E-state index in [4.69, 9.17) is 0 Å². The second-order valence-electron chi connectivity index (χ2n) is 10.8. The Morgan fingerprint density at radius 1 is 0.718 bits per heavy atom. The summed E-state index contributed by atoms with van der Waals surface area (Å²) in [6, 6.07) is 32.0. The van der Waals surface area contributed by atoms with E-state index in [1.54, 1.807) is 12.1 Å². The Balaban J connectivity index is 1.54. The van der Waals surface area contributed by atoms with Gasteiger partial charge in [0.25, 0.3) is 0 Å². The monoisotopic (exact) mass is 511 g/mol. The van der Waals surface area contributed by atoms with Crippen molar-refractivity contribution in [2.45, 2.75) is 23.4 Å². The highest BCUT2D eigenvalue weighted by Gasteiger charge is 2.78. The minimum Gasteiger partial charge on any atom is -0.325 e. The van der Waals surface area contributed by atoms with Crippen LogP contribution >= 0.6 is 0 Å². The highest BCUT2D eigenvalue weighted by atomic mass is 16.2. The van der Waals surface area contributed by atoms with E-state index in [2.05, 4.69) is 27.7 Å². The second-order valence-corrected chi connectivity index (χ2v) is 10.8. The van der Waals surface area contributed by atoms with Gasteiger partial charge in [-0.1, -0.05) is 91.0 Å². The maximum absolute atomic E-state index is 14.9. The number of carbonyl (C=O) groups excluding carboxylic acids is 3. The lowest BCUT2D eigenvalue weighted by Crippen LogP contribution is -2.55. The first kappa shape index (κ1) is 22.4. The van der Waals surface area contributed by atoms with E-state index in [1.165, 1.54) is 0 Å². The summed E-state index contributed by atoms with van der Waals surface area (Å²) in [6.45, 7) is 0.541. The largest absolute Gasteiger partial charge is 0.325 e. The van der Waals surface area contributed by atoms with E-state index < -0.39 is 22.9 Å². The molecule has 2 N–H and O–H groups in total. The highest BCUT2D eigenvalue weighted by Crippen LogP contribution is 2.69. The molecule has 0 bridgehead atoms. The van der Waals surface area contributed by atoms with Gasteiger partial charge in [-0.15, -0.1) is 0 Å². The van der Waals surface area contributed by atoms with Crippen LogP contribution < -0.4 is 10.6 Å². The summed E-state index contributed by atoms with van der Waals surface area (Å²) < 4.78 is 0. The molecule has 0 aromatic heterocycles. The summed E-state index contributed by atoms with van der Waals surface area (Å²) in [5.74, 6) is -1.70. The fourth-order valence-electron chi connectivity index (χ4n) is 7.95. The van der Waals surface area contributed by atoms with Crippen molar-refractivity contribution in [2.75, 3.05) is 17.2 Å². The Hall–Kier alpha value is -4.55. The van der Waals surface area contributed by atoms with Crippen LogP contribution in [0, 0.1) is 5.92 Å². The van der Waals surface area contributed by atoms with Gasteiger partial charge in [-0.25, -0.2) is 0 Å². The number of fused-ring (bicyclic) bond motifs is 9. The molecule has 2 amide bonds. The highest BCUT2D eigenvalue weighted by molar-refractivity contribution is 6.18. The average molecular weight is 512 g/mol. The molecule has 0 aliphatic carbocycles. The molecule has 4 aliphatic rings. The Morgan fingerprint density at radius 3 is 2.13 bits per heavy atom. The van der Waals surface area contributed by atoms with E-state index in [0.717, 1.165) is 28.7 Å². The lowest BCUT2D eigenvalue weighted by molar-refractivity contribution is -0.128. The number of hydrogen-bond donors (Lipinski definition) is 2. The number of rotatable bonds is 2. The summed E-state index contributed by atoms with van der Waals surface area (Å²) in [6.07, 6.45) is 0.718. The van der Waals surface area contributed by atoms with Crippen LogP contribution in [0.1, 0.15) is 38.7 Å². The fourth-order valence-corrected chi connectivity index (χ4v) is 7.95. The molecule has 0 unspecified atom stereocenters. The molecular weight excluding hydrogens is 486 g/mol. The van der Waals surface area contributed by atoms with Crippen molar-refractivity contribution in [1.29, 1.82) is 0 Å². The zero-order chi connectivity index (χ0) is 26.4. The molecule has 6 nitrogen and oxygen atoms in total. The summed E-state index contributed by atoms with van der Waals surface area (Å²) in [7, 11) is 0. The van der Waals surface area contributed by atoms with Gasteiger partial charge in [0.05, 0.1) is 12.0 Å². The van der Waals surface area contributed by atoms with E-state index in [-0.39, 0.29) is 17.6 Å². The number of carbonyl (C=O) groups is 3. The molecule has 6 heteroatoms. The third-order valence-electron chi connectivity index (χ3n) is 9.29. The van der Waals surface area contributed by atoms with Crippen molar-refractivity contribution >= 4 is 29.0 Å². The van der Waals surface area contributed by atoms with Gasteiger partial charge in [-0.3, -0.25) is 19.3 Å². The van der Waals surface area contributed by atoms with Crippen molar-refractivity contribution < 1.29 is 14.4 Å². The Morgan fingerprint density at radius 2 is 1.33 bits per heavy atom. The summed E-state index contributed by atoms with van der Waals surface area (Å²) in [5, 5.41) is 6.23. The number of nitrogens with one attached hydrogen (secondary N) is 2. The molecule has 0 saturated carbocycles. The first-order chi connectivity index (χ1) is 19.1. The topological polar surface area (TPSA) is 78.5 Å². The predicted octanol–water partition coefficient (Wildman–Crippen LogP) is 4.84. The molecule has 4 aromatic rings. The maximum Gasteiger partial charge on any atom is 0.250 e. The molecular formula is C33H25N3O3. The van der Waals surface area contributed by atoms with Crippen LogP contribution in [0.25, 0.3) is 0 Å². The van der Waals surface area contributed by atoms with E-state index in [9.17, 15) is 14.4 Å². The number of hydrogen-bond acceptors (Lipinski definition) is 4. The maximum atomic E-state index is 14.9. The molecule has 4 aliphatic heterocycles. The van der Waals surface area contributed by atoms with Crippen molar-refractivity contribution in [1.82, 2.24) is 4.90 Å². The molecule has 1 fully saturated rings. The van der Waals surface area contributed by atoms with Crippen LogP contribution in [0.4, 0.5) is 11.4 Å². The molecule has 190 valence electrons. The third kappa shape index (κ3) is 2.57. The van der Waals surface area contributed by atoms with Gasteiger partial charge in [0.2, 0.25) is 11.8 Å². The molecule has 4 atom stereocenters. The van der Waals surface area contributed by atoms with E-state index in [0.29, 0.717) is 23.5 Å². The van der Waals surface area contributed by atoms with Crippen LogP contribution in [0.5, 0.6) is 0 Å². The Bertz CT molecular complexity index is 1720. The van der Waals surface area contributed by atoms with Crippen LogP contribution in [-0.4, -0.2) is 29.0 Å². The summed E-state index contributed by atoms with van der Waals surface area (Å²) >= 11 is 0. The molecule has 0 radical (unpaired) electrons. The van der Waals surface area contributed by atoms with Crippen molar-refractivity contribution in [3.05, 3.63) is 131 Å². The van der Waals surface area contributed by atoms with Gasteiger partial charge in [0.1, 0.15) is 11.0 Å². The minimum absolute atomic E-state index is 0.207. The second kappa shape index (κ2) is 7.74. The standard InChI is InChI=1S/C33H25N3O3/c37-27(21-11-2-1-3-12-21)28-32(23-14-6-8-16-25(23)34-30(32)38)29-22-13-5-4-10-20(22)18-19-36(29)33(28)24-15-7-9-17-26(24)35-31(33)39/h1-17,28-29H,18-19H2,(H,34,38)(H,35,39)/t28-,29-,32-,33-/m1/s1. The number of benzene rings is 4. The first-order valence-electron chi connectivity index (χ1n) is 13.4. The van der Waals surface area contributed by atoms with Gasteiger partial charge >= 0.3 is 0 Å². The molecule has 39 heavy (non-hydrogen) atoms. The SMILES string of the molecule is O=C(c1ccccc1)[C@@H]1[C@@]2(C(=O)Nc3ccccc32)[C@H]2c3ccccc3CCN2[C@@]12C(=O)Nc1ccccc12. The van der Waals surface area contributed by atoms with Crippen LogP contribution in [-0.2, 0) is 27.0 Å². The number of Topliss-reactive ketones (excluding diaryl/α,β-unsaturated/α-hetero) is 1. The number of anilines is 2. The molecule has 2 spiro atoms. The molecule has 8 rings (SSSR count). The lowest BCUT2D eigenvalue weighted by Gasteiger charge is -2.42. The number of amides is 2. The van der Waals surface area contributed by atoms with Gasteiger partial charge in [-0.05, 0) is 35.2 Å². The molecule has 4 heterocycles. The number of ketones is 1. The predicted molar refractivity (Wildman–Crippen MR) is 147 cm³/mol. The molecule has 4 aromatic carbocycles. The smallest absolute Gasteiger partial charge is 0.250 e. The quantitative estimate of drug-likeness (QED) is 0.378. The zero-order valence-corrected chi connectivity index (χ0v) is 21.1. The fraction of sp³-hybridized carbons (Fsp3) is 0.182. The van der Waals surface area contributed by atoms with Crippen molar-refractivity contribution in [3.8, 4) is 0 Å². The zero-order valence-electron chi connectivity index (χ0n) is 21.1. The summed E-state index contributed by atoms with van der Waals surface area (Å²) in [4.78, 5) is 46.2. The lowest BCUT2D eigenvalue weighted by atomic mass is 9.59. The number of nitrogens with zero attached hydrogens (tertiary/aromatic N) is 1.